The topological polar surface area (TPSA) is 44.3 Å². The molecule has 0 aromatic carbocycles. The van der Waals surface area contributed by atoms with Gasteiger partial charge in [0.1, 0.15) is 0 Å². The molecule has 0 radical (unpaired) electrons. The van der Waals surface area contributed by atoms with E-state index in [1.165, 1.54) is 12.8 Å². The van der Waals surface area contributed by atoms with Gasteiger partial charge in [-0.25, -0.2) is 0 Å². The van der Waals surface area contributed by atoms with Crippen molar-refractivity contribution in [2.24, 2.45) is 0 Å². The monoisotopic (exact) mass is 282 g/mol. The van der Waals surface area contributed by atoms with Gasteiger partial charge in [-0.1, -0.05) is 57.4 Å². The summed E-state index contributed by atoms with van der Waals surface area (Å²) in [6, 6.07) is 0.0147. The number of allylic oxidation sites excluding steroid dienone is 4. The molecule has 0 aromatic heterocycles. The van der Waals surface area contributed by atoms with E-state index in [0.29, 0.717) is 0 Å². The molecule has 3 unspecified atom stereocenters. The highest BCUT2D eigenvalue weighted by Crippen LogP contribution is 2.29. The Hall–Kier alpha value is -0.630. The first-order valence-corrected chi connectivity index (χ1v) is 7.74. The molecule has 0 amide bonds. The van der Waals surface area contributed by atoms with Gasteiger partial charge >= 0.3 is 0 Å². The summed E-state index contributed by atoms with van der Waals surface area (Å²) in [4.78, 5) is 0. The second kappa shape index (κ2) is 8.52. The highest BCUT2D eigenvalue weighted by molar-refractivity contribution is 7.18. The predicted octanol–water partition coefficient (Wildman–Crippen LogP) is 3.50. The average molecular weight is 282 g/mol. The largest absolute Gasteiger partial charge is 0.296 e. The van der Waals surface area contributed by atoms with Crippen LogP contribution in [0.3, 0.4) is 0 Å². The molecule has 3 atom stereocenters. The zero-order chi connectivity index (χ0) is 14.1. The van der Waals surface area contributed by atoms with Crippen molar-refractivity contribution < 1.29 is 5.21 Å². The number of rotatable bonds is 8. The van der Waals surface area contributed by atoms with Crippen LogP contribution in [-0.2, 0) is 0 Å². The zero-order valence-corrected chi connectivity index (χ0v) is 13.2. The zero-order valence-electron chi connectivity index (χ0n) is 12.0. The first-order valence-electron chi connectivity index (χ1n) is 7.17. The number of hydrogen-bond acceptors (Lipinski definition) is 3. The van der Waals surface area contributed by atoms with Crippen molar-refractivity contribution in [3.05, 3.63) is 36.1 Å². The van der Waals surface area contributed by atoms with Gasteiger partial charge < -0.3 is 0 Å². The summed E-state index contributed by atoms with van der Waals surface area (Å²) >= 11 is 0. The lowest BCUT2D eigenvalue weighted by atomic mass is 10.0. The number of unbranched alkanes of at least 4 members (excludes halogenated alkanes) is 1. The van der Waals surface area contributed by atoms with E-state index in [0.717, 1.165) is 25.0 Å². The molecule has 0 aromatic rings. The Kier molecular flexibility index (Phi) is 7.37. The smallest absolute Gasteiger partial charge is 0.0688 e. The van der Waals surface area contributed by atoms with Crippen LogP contribution in [0.2, 0.25) is 0 Å². The Morgan fingerprint density at radius 1 is 1.21 bits per heavy atom. The van der Waals surface area contributed by atoms with Gasteiger partial charge in [0.15, 0.2) is 0 Å². The van der Waals surface area contributed by atoms with E-state index >= 15 is 0 Å². The molecule has 0 saturated carbocycles. The summed E-state index contributed by atoms with van der Waals surface area (Å²) in [6.07, 6.45) is 15.6. The van der Waals surface area contributed by atoms with Gasteiger partial charge in [-0.3, -0.25) is 16.0 Å². The summed E-state index contributed by atoms with van der Waals surface area (Å²) in [6.45, 7) is 4.42. The number of hydroxylamine groups is 1. The Morgan fingerprint density at radius 2 is 2.00 bits per heavy atom. The van der Waals surface area contributed by atoms with Gasteiger partial charge in [-0.05, 0) is 18.9 Å². The van der Waals surface area contributed by atoms with Crippen LogP contribution in [0.4, 0.5) is 0 Å². The Bertz CT molecular complexity index is 352. The quantitative estimate of drug-likeness (QED) is 0.471. The van der Waals surface area contributed by atoms with Crippen molar-refractivity contribution in [3.63, 3.8) is 0 Å². The molecule has 1 aliphatic rings. The maximum Gasteiger partial charge on any atom is 0.0688 e. The Balaban J connectivity index is 2.76. The highest BCUT2D eigenvalue weighted by atomic mass is 31.0. The SMILES string of the molecule is CCCCC(P)(CCC)NC1C=CC=CC=C1NO. The van der Waals surface area contributed by atoms with E-state index in [2.05, 4.69) is 40.0 Å². The molecule has 0 fully saturated rings. The van der Waals surface area contributed by atoms with Crippen molar-refractivity contribution in [2.75, 3.05) is 0 Å². The van der Waals surface area contributed by atoms with E-state index < -0.39 is 0 Å². The molecule has 4 heteroatoms. The summed E-state index contributed by atoms with van der Waals surface area (Å²) in [5.41, 5.74) is 3.08. The van der Waals surface area contributed by atoms with E-state index in [-0.39, 0.29) is 11.3 Å². The van der Waals surface area contributed by atoms with Crippen LogP contribution in [0, 0.1) is 0 Å². The van der Waals surface area contributed by atoms with Crippen molar-refractivity contribution >= 4 is 9.24 Å². The first kappa shape index (κ1) is 16.4. The third-order valence-electron chi connectivity index (χ3n) is 3.38. The van der Waals surface area contributed by atoms with Crippen LogP contribution in [0.1, 0.15) is 46.0 Å². The normalized spacial score (nSPS) is 21.7. The third-order valence-corrected chi connectivity index (χ3v) is 4.13. The molecule has 108 valence electrons. The Labute approximate surface area is 119 Å². The lowest BCUT2D eigenvalue weighted by Gasteiger charge is -2.34. The molecule has 1 rings (SSSR count). The molecule has 1 aliphatic carbocycles. The average Bonchev–Trinajstić information content (AvgIpc) is 2.61. The van der Waals surface area contributed by atoms with E-state index in [1.807, 2.05) is 24.3 Å². The summed E-state index contributed by atoms with van der Waals surface area (Å²) in [7, 11) is 2.99. The van der Waals surface area contributed by atoms with Gasteiger partial charge in [-0.2, -0.15) is 0 Å². The second-order valence-corrected chi connectivity index (χ2v) is 6.24. The fraction of sp³-hybridized carbons (Fsp3) is 0.600. The molecule has 3 N–H and O–H groups in total. The second-order valence-electron chi connectivity index (χ2n) is 5.14. The van der Waals surface area contributed by atoms with Gasteiger partial charge in [0, 0.05) is 5.28 Å². The van der Waals surface area contributed by atoms with Gasteiger partial charge in [0.2, 0.25) is 0 Å². The molecule has 0 heterocycles. The summed E-state index contributed by atoms with van der Waals surface area (Å²) in [5.74, 6) is 0. The van der Waals surface area contributed by atoms with Crippen molar-refractivity contribution in [2.45, 2.75) is 57.3 Å². The maximum absolute atomic E-state index is 9.26. The third kappa shape index (κ3) is 5.48. The van der Waals surface area contributed by atoms with Crippen LogP contribution in [0.25, 0.3) is 0 Å². The minimum absolute atomic E-state index is 0.0147. The fourth-order valence-electron chi connectivity index (χ4n) is 2.36. The number of hydrogen-bond donors (Lipinski definition) is 3. The van der Waals surface area contributed by atoms with E-state index in [9.17, 15) is 5.21 Å². The molecule has 19 heavy (non-hydrogen) atoms. The molecule has 3 nitrogen and oxygen atoms in total. The van der Waals surface area contributed by atoms with Crippen molar-refractivity contribution in [1.29, 1.82) is 0 Å². The van der Waals surface area contributed by atoms with Gasteiger partial charge in [0.05, 0.1) is 11.7 Å². The van der Waals surface area contributed by atoms with Crippen molar-refractivity contribution in [1.82, 2.24) is 10.8 Å². The Morgan fingerprint density at radius 3 is 2.63 bits per heavy atom. The molecule has 0 spiro atoms. The van der Waals surface area contributed by atoms with E-state index in [1.54, 1.807) is 0 Å². The van der Waals surface area contributed by atoms with Crippen LogP contribution in [-0.4, -0.2) is 16.5 Å². The molecule has 0 aliphatic heterocycles. The lowest BCUT2D eigenvalue weighted by Crippen LogP contribution is -2.47. The first-order chi connectivity index (χ1) is 9.15. The van der Waals surface area contributed by atoms with Crippen molar-refractivity contribution in [3.8, 4) is 0 Å². The molecular formula is C15H27N2OP. The van der Waals surface area contributed by atoms with Crippen LogP contribution in [0.5, 0.6) is 0 Å². The number of nitrogens with one attached hydrogen (secondary N) is 2. The summed E-state index contributed by atoms with van der Waals surface area (Å²) < 4.78 is 0. The fourth-order valence-corrected chi connectivity index (χ4v) is 3.03. The van der Waals surface area contributed by atoms with Gasteiger partial charge in [-0.15, -0.1) is 9.24 Å². The minimum Gasteiger partial charge on any atom is -0.296 e. The minimum atomic E-state index is 0.0147. The van der Waals surface area contributed by atoms with Crippen LogP contribution < -0.4 is 10.8 Å². The van der Waals surface area contributed by atoms with Crippen LogP contribution >= 0.6 is 9.24 Å². The lowest BCUT2D eigenvalue weighted by molar-refractivity contribution is 0.189. The molecule has 0 saturated heterocycles. The maximum atomic E-state index is 9.26. The van der Waals surface area contributed by atoms with Gasteiger partial charge in [0.25, 0.3) is 0 Å². The van der Waals surface area contributed by atoms with Crippen LogP contribution in [0.15, 0.2) is 36.1 Å². The predicted molar refractivity (Wildman–Crippen MR) is 85.1 cm³/mol. The van der Waals surface area contributed by atoms with E-state index in [4.69, 9.17) is 0 Å². The summed E-state index contributed by atoms with van der Waals surface area (Å²) in [5, 5.41) is 12.9. The standard InChI is InChI=1S/C15H27N2OP/c1-3-5-12-15(19,11-4-2)16-13-9-7-6-8-10-14(13)17-18/h6-10,13,16-18H,3-5,11-12,19H2,1-2H3. The highest BCUT2D eigenvalue weighted by Gasteiger charge is 2.26. The molecular weight excluding hydrogens is 255 g/mol. The molecule has 0 bridgehead atoms.